The molecule has 0 aromatic carbocycles. The van der Waals surface area contributed by atoms with Crippen LogP contribution >= 0.6 is 0 Å². The number of allylic oxidation sites excluding steroid dienone is 1. The van der Waals surface area contributed by atoms with Crippen molar-refractivity contribution >= 4 is 17.6 Å². The van der Waals surface area contributed by atoms with E-state index < -0.39 is 0 Å². The lowest BCUT2D eigenvalue weighted by Gasteiger charge is -2.11. The van der Waals surface area contributed by atoms with Crippen LogP contribution in [0.5, 0.6) is 0 Å². The molecule has 1 saturated carbocycles. The lowest BCUT2D eigenvalue weighted by molar-refractivity contribution is -0.123. The van der Waals surface area contributed by atoms with Gasteiger partial charge in [0.15, 0.2) is 11.6 Å². The second-order valence-corrected chi connectivity index (χ2v) is 4.31. The molecule has 1 aliphatic rings. The number of Topliss-reactive ketones (excluding diaryl/α,β-unsaturated/α-hetero) is 2. The quantitative estimate of drug-likeness (QED) is 0.579. The molecule has 0 spiro atoms. The van der Waals surface area contributed by atoms with Gasteiger partial charge in [-0.2, -0.15) is 0 Å². The maximum Gasteiger partial charge on any atom is 0.166 e. The molecule has 2 rings (SSSR count). The van der Waals surface area contributed by atoms with Gasteiger partial charge in [-0.3, -0.25) is 9.59 Å². The van der Waals surface area contributed by atoms with Gasteiger partial charge >= 0.3 is 0 Å². The summed E-state index contributed by atoms with van der Waals surface area (Å²) in [6.07, 6.45) is 3.39. The van der Waals surface area contributed by atoms with Gasteiger partial charge in [0.1, 0.15) is 0 Å². The molecular formula is C13H15NO2. The fourth-order valence-electron chi connectivity index (χ4n) is 2.04. The predicted molar refractivity (Wildman–Crippen MR) is 62.1 cm³/mol. The molecule has 0 amide bonds. The molecule has 3 heteroatoms. The van der Waals surface area contributed by atoms with Crippen LogP contribution in [0.15, 0.2) is 11.6 Å². The molecule has 3 nitrogen and oxygen atoms in total. The average molecular weight is 217 g/mol. The van der Waals surface area contributed by atoms with Crippen molar-refractivity contribution in [3.63, 3.8) is 0 Å². The third-order valence-electron chi connectivity index (χ3n) is 2.89. The van der Waals surface area contributed by atoms with Gasteiger partial charge in [-0.05, 0) is 38.0 Å². The second kappa shape index (κ2) is 4.08. The first-order valence-electron chi connectivity index (χ1n) is 5.52. The lowest BCUT2D eigenvalue weighted by Crippen LogP contribution is -2.18. The fraction of sp³-hybridized carbons (Fsp3) is 0.385. The van der Waals surface area contributed by atoms with E-state index in [0.717, 1.165) is 17.0 Å². The molecule has 1 N–H and O–H groups in total. The molecule has 1 fully saturated rings. The molecule has 1 aromatic heterocycles. The molecule has 16 heavy (non-hydrogen) atoms. The smallest absolute Gasteiger partial charge is 0.166 e. The summed E-state index contributed by atoms with van der Waals surface area (Å²) in [7, 11) is 0. The van der Waals surface area contributed by atoms with Crippen molar-refractivity contribution in [2.45, 2.75) is 33.1 Å². The van der Waals surface area contributed by atoms with Gasteiger partial charge in [0.25, 0.3) is 0 Å². The van der Waals surface area contributed by atoms with Gasteiger partial charge in [-0.15, -0.1) is 0 Å². The number of H-pyrrole nitrogens is 1. The largest absolute Gasteiger partial charge is 0.359 e. The van der Waals surface area contributed by atoms with E-state index in [1.54, 1.807) is 6.08 Å². The maximum atomic E-state index is 11.6. The molecular weight excluding hydrogens is 202 g/mol. The van der Waals surface area contributed by atoms with Gasteiger partial charge in [-0.25, -0.2) is 0 Å². The van der Waals surface area contributed by atoms with E-state index in [-0.39, 0.29) is 11.6 Å². The van der Waals surface area contributed by atoms with Crippen LogP contribution in [0.25, 0.3) is 6.08 Å². The number of nitrogens with one attached hydrogen (secondary N) is 1. The van der Waals surface area contributed by atoms with Crippen molar-refractivity contribution in [1.82, 2.24) is 4.98 Å². The van der Waals surface area contributed by atoms with Gasteiger partial charge < -0.3 is 4.98 Å². The van der Waals surface area contributed by atoms with Crippen LogP contribution in [0.4, 0.5) is 0 Å². The van der Waals surface area contributed by atoms with E-state index >= 15 is 0 Å². The normalized spacial score (nSPS) is 16.8. The van der Waals surface area contributed by atoms with Gasteiger partial charge in [0, 0.05) is 24.2 Å². The Morgan fingerprint density at radius 2 is 1.81 bits per heavy atom. The van der Waals surface area contributed by atoms with Crippen LogP contribution in [0.3, 0.4) is 0 Å². The second-order valence-electron chi connectivity index (χ2n) is 4.31. The summed E-state index contributed by atoms with van der Waals surface area (Å²) in [5, 5.41) is 0. The molecule has 0 bridgehead atoms. The van der Waals surface area contributed by atoms with Crippen LogP contribution in [0, 0.1) is 13.8 Å². The number of carbonyl (C=O) groups is 2. The number of carbonyl (C=O) groups excluding carboxylic acids is 2. The summed E-state index contributed by atoms with van der Waals surface area (Å²) >= 11 is 0. The molecule has 0 unspecified atom stereocenters. The highest BCUT2D eigenvalue weighted by atomic mass is 16.1. The lowest BCUT2D eigenvalue weighted by atomic mass is 9.91. The summed E-state index contributed by atoms with van der Waals surface area (Å²) in [5.74, 6) is -0.0502. The SMILES string of the molecule is Cc1cc(C)c(C=C2C(=O)CCCC2=O)[nH]1. The van der Waals surface area contributed by atoms with Crippen molar-refractivity contribution in [1.29, 1.82) is 0 Å². The van der Waals surface area contributed by atoms with E-state index in [0.29, 0.717) is 24.8 Å². The number of aromatic nitrogens is 1. The number of aromatic amines is 1. The molecule has 0 aliphatic heterocycles. The molecule has 1 aromatic rings. The summed E-state index contributed by atoms with van der Waals surface area (Å²) in [4.78, 5) is 26.4. The Bertz CT molecular complexity index is 462. The highest BCUT2D eigenvalue weighted by Gasteiger charge is 2.23. The number of rotatable bonds is 1. The van der Waals surface area contributed by atoms with Gasteiger partial charge in [0.05, 0.1) is 5.57 Å². The molecule has 1 heterocycles. The van der Waals surface area contributed by atoms with Crippen molar-refractivity contribution in [3.05, 3.63) is 28.6 Å². The van der Waals surface area contributed by atoms with Gasteiger partial charge in [0.2, 0.25) is 0 Å². The average Bonchev–Trinajstić information content (AvgIpc) is 2.51. The van der Waals surface area contributed by atoms with Crippen LogP contribution in [-0.4, -0.2) is 16.6 Å². The van der Waals surface area contributed by atoms with Crippen LogP contribution in [0.2, 0.25) is 0 Å². The first-order chi connectivity index (χ1) is 7.58. The van der Waals surface area contributed by atoms with Crippen LogP contribution in [-0.2, 0) is 9.59 Å². The monoisotopic (exact) mass is 217 g/mol. The van der Waals surface area contributed by atoms with Crippen LogP contribution < -0.4 is 0 Å². The number of ketones is 2. The minimum atomic E-state index is -0.0251. The zero-order chi connectivity index (χ0) is 11.7. The minimum absolute atomic E-state index is 0.0251. The predicted octanol–water partition coefficient (Wildman–Crippen LogP) is 2.34. The zero-order valence-electron chi connectivity index (χ0n) is 9.59. The molecule has 0 radical (unpaired) electrons. The Morgan fingerprint density at radius 1 is 1.19 bits per heavy atom. The highest BCUT2D eigenvalue weighted by molar-refractivity contribution is 6.24. The Labute approximate surface area is 94.6 Å². The first kappa shape index (κ1) is 10.9. The molecule has 0 atom stereocenters. The zero-order valence-corrected chi connectivity index (χ0v) is 9.59. The van der Waals surface area contributed by atoms with E-state index in [2.05, 4.69) is 4.98 Å². The molecule has 84 valence electrons. The number of aryl methyl sites for hydroxylation is 2. The Kier molecular flexibility index (Phi) is 2.77. The topological polar surface area (TPSA) is 49.9 Å². The fourth-order valence-corrected chi connectivity index (χ4v) is 2.04. The van der Waals surface area contributed by atoms with E-state index in [4.69, 9.17) is 0 Å². The Morgan fingerprint density at radius 3 is 2.31 bits per heavy atom. The molecule has 1 aliphatic carbocycles. The third kappa shape index (κ3) is 1.98. The van der Waals surface area contributed by atoms with Crippen molar-refractivity contribution < 1.29 is 9.59 Å². The summed E-state index contributed by atoms with van der Waals surface area (Å²) in [6, 6.07) is 2.00. The van der Waals surface area contributed by atoms with E-state index in [1.807, 2.05) is 19.9 Å². The number of hydrogen-bond acceptors (Lipinski definition) is 2. The summed E-state index contributed by atoms with van der Waals surface area (Å²) in [5.41, 5.74) is 3.34. The van der Waals surface area contributed by atoms with Crippen LogP contribution in [0.1, 0.15) is 36.2 Å². The Balaban J connectivity index is 2.38. The highest BCUT2D eigenvalue weighted by Crippen LogP contribution is 2.20. The van der Waals surface area contributed by atoms with Crippen molar-refractivity contribution in [3.8, 4) is 0 Å². The maximum absolute atomic E-state index is 11.6. The minimum Gasteiger partial charge on any atom is -0.359 e. The van der Waals surface area contributed by atoms with Crippen molar-refractivity contribution in [2.75, 3.05) is 0 Å². The first-order valence-corrected chi connectivity index (χ1v) is 5.52. The van der Waals surface area contributed by atoms with E-state index in [9.17, 15) is 9.59 Å². The van der Waals surface area contributed by atoms with Crippen molar-refractivity contribution in [2.24, 2.45) is 0 Å². The Hall–Kier alpha value is -1.64. The third-order valence-corrected chi connectivity index (χ3v) is 2.89. The summed E-state index contributed by atoms with van der Waals surface area (Å²) < 4.78 is 0. The van der Waals surface area contributed by atoms with E-state index in [1.165, 1.54) is 0 Å². The van der Waals surface area contributed by atoms with Gasteiger partial charge in [-0.1, -0.05) is 0 Å². The number of hydrogen-bond donors (Lipinski definition) is 1. The standard InChI is InChI=1S/C13H15NO2/c1-8-6-9(2)14-11(8)7-10-12(15)4-3-5-13(10)16/h6-7,14H,3-5H2,1-2H3. The summed E-state index contributed by atoms with van der Waals surface area (Å²) in [6.45, 7) is 3.92. The molecule has 0 saturated heterocycles.